The van der Waals surface area contributed by atoms with E-state index in [0.29, 0.717) is 6.54 Å². The van der Waals surface area contributed by atoms with Gasteiger partial charge in [0, 0.05) is 24.5 Å². The van der Waals surface area contributed by atoms with Crippen LogP contribution in [0.15, 0.2) is 78.9 Å². The van der Waals surface area contributed by atoms with E-state index in [1.54, 1.807) is 0 Å². The van der Waals surface area contributed by atoms with Gasteiger partial charge in [0.05, 0.1) is 17.0 Å². The van der Waals surface area contributed by atoms with Crippen LogP contribution in [0.1, 0.15) is 25.0 Å². The molecule has 3 aromatic rings. The fraction of sp³-hybridized carbons (Fsp3) is 0.310. The van der Waals surface area contributed by atoms with Gasteiger partial charge in [-0.1, -0.05) is 97.7 Å². The molecule has 3 rings (SSSR count). The molecule has 2 amide bonds. The van der Waals surface area contributed by atoms with Crippen molar-refractivity contribution in [2.75, 3.05) is 23.7 Å². The first-order chi connectivity index (χ1) is 18.5. The zero-order chi connectivity index (χ0) is 28.6. The Morgan fingerprint density at radius 2 is 1.49 bits per heavy atom. The van der Waals surface area contributed by atoms with Gasteiger partial charge in [0.1, 0.15) is 12.6 Å². The third-order valence-electron chi connectivity index (χ3n) is 6.01. The first-order valence-electron chi connectivity index (χ1n) is 12.5. The van der Waals surface area contributed by atoms with Gasteiger partial charge >= 0.3 is 0 Å². The van der Waals surface area contributed by atoms with Gasteiger partial charge in [0.15, 0.2) is 0 Å². The second-order valence-electron chi connectivity index (χ2n) is 9.72. The molecule has 3 aromatic carbocycles. The highest BCUT2D eigenvalue weighted by atomic mass is 35.5. The van der Waals surface area contributed by atoms with Crippen molar-refractivity contribution in [3.8, 4) is 0 Å². The molecule has 0 aromatic heterocycles. The van der Waals surface area contributed by atoms with E-state index in [1.807, 2.05) is 74.5 Å². The number of carbonyl (C=O) groups excluding carboxylic acids is 2. The quantitative estimate of drug-likeness (QED) is 0.315. The Morgan fingerprint density at radius 3 is 2.05 bits per heavy atom. The van der Waals surface area contributed by atoms with Gasteiger partial charge in [-0.15, -0.1) is 0 Å². The number of benzene rings is 3. The van der Waals surface area contributed by atoms with Crippen LogP contribution in [-0.2, 0) is 32.6 Å². The highest BCUT2D eigenvalue weighted by molar-refractivity contribution is 7.92. The van der Waals surface area contributed by atoms with Crippen molar-refractivity contribution in [1.82, 2.24) is 10.2 Å². The molecule has 0 saturated carbocycles. The molecular weight excluding hydrogens is 557 g/mol. The normalized spacial score (nSPS) is 12.2. The lowest BCUT2D eigenvalue weighted by molar-refractivity contribution is -0.140. The van der Waals surface area contributed by atoms with Gasteiger partial charge < -0.3 is 10.2 Å². The van der Waals surface area contributed by atoms with Gasteiger partial charge in [0.25, 0.3) is 0 Å². The lowest BCUT2D eigenvalue weighted by atomic mass is 10.0. The fourth-order valence-electron chi connectivity index (χ4n) is 4.03. The molecule has 1 N–H and O–H groups in total. The van der Waals surface area contributed by atoms with Gasteiger partial charge in [-0.3, -0.25) is 13.9 Å². The molecule has 0 spiro atoms. The molecule has 0 aliphatic heterocycles. The van der Waals surface area contributed by atoms with E-state index in [2.05, 4.69) is 5.32 Å². The molecule has 0 bridgehead atoms. The lowest BCUT2D eigenvalue weighted by Crippen LogP contribution is -2.53. The van der Waals surface area contributed by atoms with Crippen molar-refractivity contribution < 1.29 is 18.0 Å². The average molecular weight is 591 g/mol. The zero-order valence-corrected chi connectivity index (χ0v) is 24.5. The molecule has 0 fully saturated rings. The number of amides is 2. The minimum Gasteiger partial charge on any atom is -0.354 e. The maximum Gasteiger partial charge on any atom is 0.244 e. The van der Waals surface area contributed by atoms with Gasteiger partial charge in [0.2, 0.25) is 21.8 Å². The van der Waals surface area contributed by atoms with E-state index >= 15 is 0 Å². The van der Waals surface area contributed by atoms with Gasteiger partial charge in [-0.25, -0.2) is 8.42 Å². The summed E-state index contributed by atoms with van der Waals surface area (Å²) in [4.78, 5) is 29.0. The first kappa shape index (κ1) is 30.5. The van der Waals surface area contributed by atoms with E-state index in [4.69, 9.17) is 23.2 Å². The molecule has 0 saturated heterocycles. The number of sulfonamides is 1. The Balaban J connectivity index is 2.05. The largest absolute Gasteiger partial charge is 0.354 e. The smallest absolute Gasteiger partial charge is 0.244 e. The zero-order valence-electron chi connectivity index (χ0n) is 22.2. The minimum atomic E-state index is -3.94. The molecule has 0 aliphatic carbocycles. The number of hydrogen-bond acceptors (Lipinski definition) is 4. The van der Waals surface area contributed by atoms with Crippen LogP contribution >= 0.6 is 23.2 Å². The van der Waals surface area contributed by atoms with E-state index in [-0.39, 0.29) is 40.5 Å². The Bertz CT molecular complexity index is 1370. The molecule has 1 unspecified atom stereocenters. The maximum absolute atomic E-state index is 14.0. The fourth-order valence-corrected chi connectivity index (χ4v) is 5.32. The predicted molar refractivity (Wildman–Crippen MR) is 157 cm³/mol. The van der Waals surface area contributed by atoms with Crippen molar-refractivity contribution in [3.05, 3.63) is 100 Å². The number of carbonyl (C=O) groups is 2. The Hall–Kier alpha value is -3.07. The number of rotatable bonds is 12. The summed E-state index contributed by atoms with van der Waals surface area (Å²) in [6.07, 6.45) is 1.25. The summed E-state index contributed by atoms with van der Waals surface area (Å²) in [5.41, 5.74) is 1.75. The monoisotopic (exact) mass is 589 g/mol. The maximum atomic E-state index is 14.0. The standard InChI is InChI=1S/C29H33Cl2N3O4S/c1-21(2)18-32-29(36)27(16-22-10-6-4-7-11-22)33(19-23-12-8-5-9-13-23)28(35)20-34(39(3,37)38)26-17-24(30)14-15-25(26)31/h4-15,17,21,27H,16,18-20H2,1-3H3,(H,32,36). The summed E-state index contributed by atoms with van der Waals surface area (Å²) < 4.78 is 26.6. The molecule has 10 heteroatoms. The number of halogens is 2. The SMILES string of the molecule is CC(C)CNC(=O)C(Cc1ccccc1)N(Cc1ccccc1)C(=O)CN(c1cc(Cl)ccc1Cl)S(C)(=O)=O. The second kappa shape index (κ2) is 13.8. The van der Waals surface area contributed by atoms with E-state index < -0.39 is 28.5 Å². The summed E-state index contributed by atoms with van der Waals surface area (Å²) in [7, 11) is -3.94. The number of anilines is 1. The molecule has 39 heavy (non-hydrogen) atoms. The van der Waals surface area contributed by atoms with Crippen LogP contribution in [0, 0.1) is 5.92 Å². The van der Waals surface area contributed by atoms with Crippen molar-refractivity contribution in [2.24, 2.45) is 5.92 Å². The van der Waals surface area contributed by atoms with Crippen LogP contribution in [-0.4, -0.2) is 50.5 Å². The number of hydrogen-bond donors (Lipinski definition) is 1. The van der Waals surface area contributed by atoms with Crippen molar-refractivity contribution in [2.45, 2.75) is 32.9 Å². The van der Waals surface area contributed by atoms with E-state index in [1.165, 1.54) is 23.1 Å². The minimum absolute atomic E-state index is 0.0866. The van der Waals surface area contributed by atoms with Gasteiger partial charge in [-0.2, -0.15) is 0 Å². The summed E-state index contributed by atoms with van der Waals surface area (Å²) in [6.45, 7) is 3.95. The topological polar surface area (TPSA) is 86.8 Å². The van der Waals surface area contributed by atoms with Gasteiger partial charge in [-0.05, 0) is 35.2 Å². The predicted octanol–water partition coefficient (Wildman–Crippen LogP) is 5.17. The van der Waals surface area contributed by atoms with Crippen molar-refractivity contribution in [3.63, 3.8) is 0 Å². The highest BCUT2D eigenvalue weighted by Gasteiger charge is 2.33. The van der Waals surface area contributed by atoms with Crippen LogP contribution in [0.3, 0.4) is 0 Å². The Morgan fingerprint density at radius 1 is 0.897 bits per heavy atom. The highest BCUT2D eigenvalue weighted by Crippen LogP contribution is 2.31. The summed E-state index contributed by atoms with van der Waals surface area (Å²) >= 11 is 12.5. The van der Waals surface area contributed by atoms with E-state index in [9.17, 15) is 18.0 Å². The van der Waals surface area contributed by atoms with Crippen LogP contribution in [0.2, 0.25) is 10.0 Å². The van der Waals surface area contributed by atoms with Crippen molar-refractivity contribution >= 4 is 50.7 Å². The molecule has 7 nitrogen and oxygen atoms in total. The molecular formula is C29H33Cl2N3O4S. The third-order valence-corrected chi connectivity index (χ3v) is 7.69. The van der Waals surface area contributed by atoms with Crippen LogP contribution in [0.4, 0.5) is 5.69 Å². The number of nitrogens with zero attached hydrogens (tertiary/aromatic N) is 2. The molecule has 0 heterocycles. The van der Waals surface area contributed by atoms with Crippen LogP contribution < -0.4 is 9.62 Å². The van der Waals surface area contributed by atoms with E-state index in [0.717, 1.165) is 21.7 Å². The Kier molecular flexibility index (Phi) is 10.8. The molecule has 0 radical (unpaired) electrons. The lowest BCUT2D eigenvalue weighted by Gasteiger charge is -2.33. The first-order valence-corrected chi connectivity index (χ1v) is 15.1. The summed E-state index contributed by atoms with van der Waals surface area (Å²) in [5.74, 6) is -0.667. The van der Waals surface area contributed by atoms with Crippen LogP contribution in [0.5, 0.6) is 0 Å². The van der Waals surface area contributed by atoms with Crippen LogP contribution in [0.25, 0.3) is 0 Å². The molecule has 0 aliphatic rings. The summed E-state index contributed by atoms with van der Waals surface area (Å²) in [5, 5.41) is 3.35. The second-order valence-corrected chi connectivity index (χ2v) is 12.5. The molecule has 208 valence electrons. The van der Waals surface area contributed by atoms with Crippen molar-refractivity contribution in [1.29, 1.82) is 0 Å². The molecule has 1 atom stereocenters. The third kappa shape index (κ3) is 8.98. The summed E-state index contributed by atoms with van der Waals surface area (Å²) in [6, 6.07) is 22.2. The Labute approximate surface area is 240 Å². The number of nitrogens with one attached hydrogen (secondary N) is 1. The average Bonchev–Trinajstić information content (AvgIpc) is 2.89.